The van der Waals surface area contributed by atoms with E-state index in [-0.39, 0.29) is 0 Å². The zero-order chi connectivity index (χ0) is 36.7. The standard InChI is InChI=1S/C55H33N/c1-4-17-38-34(14-1)31-50(43-22-9-7-20-41(38)43)53-45-24-11-12-25-46(45)54(51-32-35-15-2-5-18-39(35)42-21-8-10-23-44(42)51)52-33-37(27-28-47(52)53)49-30-36-16-3-6-19-40(36)55-48(49)26-13-29-56-55/h1-33H. The van der Waals surface area contributed by atoms with Crippen molar-refractivity contribution in [3.63, 3.8) is 0 Å². The molecule has 0 bridgehead atoms. The third-order valence-electron chi connectivity index (χ3n) is 12.0. The first-order chi connectivity index (χ1) is 27.8. The molecule has 1 nitrogen and oxygen atoms in total. The molecule has 0 N–H and O–H groups in total. The third kappa shape index (κ3) is 4.52. The summed E-state index contributed by atoms with van der Waals surface area (Å²) in [6.45, 7) is 0. The van der Waals surface area contributed by atoms with Gasteiger partial charge in [-0.25, -0.2) is 0 Å². The van der Waals surface area contributed by atoms with Gasteiger partial charge in [0.1, 0.15) is 0 Å². The molecule has 0 unspecified atom stereocenters. The molecule has 1 heterocycles. The third-order valence-corrected chi connectivity index (χ3v) is 12.0. The highest BCUT2D eigenvalue weighted by Crippen LogP contribution is 2.49. The average Bonchev–Trinajstić information content (AvgIpc) is 3.27. The Morgan fingerprint density at radius 1 is 0.250 bits per heavy atom. The molecule has 0 atom stereocenters. The first-order valence-electron chi connectivity index (χ1n) is 19.4. The van der Waals surface area contributed by atoms with E-state index in [0.717, 1.165) is 10.9 Å². The first kappa shape index (κ1) is 31.0. The fourth-order valence-corrected chi connectivity index (χ4v) is 9.60. The molecule has 0 fully saturated rings. The minimum Gasteiger partial charge on any atom is -0.256 e. The number of hydrogen-bond acceptors (Lipinski definition) is 1. The molecule has 258 valence electrons. The molecular weight excluding hydrogens is 675 g/mol. The van der Waals surface area contributed by atoms with Crippen LogP contribution in [0.3, 0.4) is 0 Å². The van der Waals surface area contributed by atoms with Crippen molar-refractivity contribution in [3.05, 3.63) is 200 Å². The van der Waals surface area contributed by atoms with Gasteiger partial charge < -0.3 is 0 Å². The van der Waals surface area contributed by atoms with Crippen LogP contribution in [0.2, 0.25) is 0 Å². The van der Waals surface area contributed by atoms with E-state index in [1.165, 1.54) is 109 Å². The molecule has 1 aromatic heterocycles. The fourth-order valence-electron chi connectivity index (χ4n) is 9.60. The summed E-state index contributed by atoms with van der Waals surface area (Å²) in [5.41, 5.74) is 8.43. The quantitative estimate of drug-likeness (QED) is 0.132. The van der Waals surface area contributed by atoms with E-state index in [9.17, 15) is 0 Å². The summed E-state index contributed by atoms with van der Waals surface area (Å²) in [6, 6.07) is 71.8. The highest BCUT2D eigenvalue weighted by Gasteiger charge is 2.22. The molecule has 11 aromatic carbocycles. The predicted octanol–water partition coefficient (Wildman–Crippen LogP) is 15.3. The van der Waals surface area contributed by atoms with Crippen LogP contribution >= 0.6 is 0 Å². The molecule has 0 saturated carbocycles. The Morgan fingerprint density at radius 3 is 1.25 bits per heavy atom. The Balaban J connectivity index is 1.28. The van der Waals surface area contributed by atoms with Crippen LogP contribution in [0.5, 0.6) is 0 Å². The van der Waals surface area contributed by atoms with Crippen molar-refractivity contribution in [2.24, 2.45) is 0 Å². The molecule has 0 spiro atoms. The Kier molecular flexibility index (Phi) is 6.70. The molecule has 0 aliphatic heterocycles. The van der Waals surface area contributed by atoms with Crippen molar-refractivity contribution in [2.75, 3.05) is 0 Å². The lowest BCUT2D eigenvalue weighted by Gasteiger charge is -2.22. The van der Waals surface area contributed by atoms with E-state index in [0.29, 0.717) is 0 Å². The second kappa shape index (κ2) is 12.1. The summed E-state index contributed by atoms with van der Waals surface area (Å²) in [5.74, 6) is 0. The lowest BCUT2D eigenvalue weighted by Crippen LogP contribution is -1.94. The van der Waals surface area contributed by atoms with Gasteiger partial charge in [-0.2, -0.15) is 0 Å². The second-order valence-corrected chi connectivity index (χ2v) is 15.0. The summed E-state index contributed by atoms with van der Waals surface area (Å²) in [6.07, 6.45) is 1.91. The second-order valence-electron chi connectivity index (χ2n) is 15.0. The average molecular weight is 708 g/mol. The largest absolute Gasteiger partial charge is 0.256 e. The Bertz CT molecular complexity index is 3590. The smallest absolute Gasteiger partial charge is 0.0786 e. The van der Waals surface area contributed by atoms with Crippen LogP contribution in [0.1, 0.15) is 0 Å². The molecule has 0 aliphatic carbocycles. The van der Waals surface area contributed by atoms with Gasteiger partial charge in [-0.1, -0.05) is 164 Å². The van der Waals surface area contributed by atoms with Gasteiger partial charge >= 0.3 is 0 Å². The summed E-state index contributed by atoms with van der Waals surface area (Å²) in [5, 5.41) is 18.6. The van der Waals surface area contributed by atoms with Gasteiger partial charge in [0.15, 0.2) is 0 Å². The number of fused-ring (bicyclic) bond motifs is 11. The number of rotatable bonds is 3. The van der Waals surface area contributed by atoms with Crippen LogP contribution in [0, 0.1) is 0 Å². The molecule has 12 rings (SSSR count). The highest BCUT2D eigenvalue weighted by atomic mass is 14.6. The van der Waals surface area contributed by atoms with Crippen LogP contribution in [0.15, 0.2) is 200 Å². The molecule has 0 aliphatic rings. The van der Waals surface area contributed by atoms with Gasteiger partial charge in [0, 0.05) is 17.0 Å². The molecule has 0 amide bonds. The van der Waals surface area contributed by atoms with Crippen LogP contribution in [0.25, 0.3) is 120 Å². The number of nitrogens with zero attached hydrogens (tertiary/aromatic N) is 1. The van der Waals surface area contributed by atoms with Gasteiger partial charge in [0.25, 0.3) is 0 Å². The lowest BCUT2D eigenvalue weighted by molar-refractivity contribution is 1.43. The van der Waals surface area contributed by atoms with Crippen molar-refractivity contribution >= 4 is 86.3 Å². The summed E-state index contributed by atoms with van der Waals surface area (Å²) < 4.78 is 0. The van der Waals surface area contributed by atoms with E-state index in [1.54, 1.807) is 0 Å². The van der Waals surface area contributed by atoms with Crippen molar-refractivity contribution in [3.8, 4) is 33.4 Å². The van der Waals surface area contributed by atoms with E-state index in [4.69, 9.17) is 4.98 Å². The number of hydrogen-bond donors (Lipinski definition) is 0. The molecule has 12 aromatic rings. The normalized spacial score (nSPS) is 11.9. The van der Waals surface area contributed by atoms with Gasteiger partial charge in [0.05, 0.1) is 5.52 Å². The maximum Gasteiger partial charge on any atom is 0.0786 e. The Labute approximate surface area is 323 Å². The van der Waals surface area contributed by atoms with Gasteiger partial charge in [-0.05, 0) is 134 Å². The minimum atomic E-state index is 1.03. The monoisotopic (exact) mass is 707 g/mol. The van der Waals surface area contributed by atoms with Crippen LogP contribution in [0.4, 0.5) is 0 Å². The topological polar surface area (TPSA) is 12.9 Å². The van der Waals surface area contributed by atoms with E-state index < -0.39 is 0 Å². The van der Waals surface area contributed by atoms with Crippen LogP contribution in [-0.4, -0.2) is 4.98 Å². The predicted molar refractivity (Wildman–Crippen MR) is 241 cm³/mol. The fraction of sp³-hybridized carbons (Fsp3) is 0. The van der Waals surface area contributed by atoms with Crippen molar-refractivity contribution in [2.45, 2.75) is 0 Å². The summed E-state index contributed by atoms with van der Waals surface area (Å²) >= 11 is 0. The summed E-state index contributed by atoms with van der Waals surface area (Å²) in [7, 11) is 0. The minimum absolute atomic E-state index is 1.03. The van der Waals surface area contributed by atoms with E-state index in [2.05, 4.69) is 194 Å². The van der Waals surface area contributed by atoms with Gasteiger partial charge in [-0.15, -0.1) is 0 Å². The molecule has 56 heavy (non-hydrogen) atoms. The molecule has 1 heteroatoms. The van der Waals surface area contributed by atoms with Crippen molar-refractivity contribution in [1.82, 2.24) is 4.98 Å². The lowest BCUT2D eigenvalue weighted by atomic mass is 9.81. The summed E-state index contributed by atoms with van der Waals surface area (Å²) in [4.78, 5) is 4.93. The zero-order valence-electron chi connectivity index (χ0n) is 30.5. The number of aromatic nitrogens is 1. The SMILES string of the molecule is c1ccc2c(c1)cc(-c1c3ccccc3c(-c3cc4ccccc4c4ccccc34)c3cc(-c4cc5ccccc5c5ncccc45)ccc13)c1ccccc12. The van der Waals surface area contributed by atoms with E-state index in [1.807, 2.05) is 6.20 Å². The molecule has 0 saturated heterocycles. The molecular formula is C55H33N. The number of pyridine rings is 1. The Morgan fingerprint density at radius 2 is 0.661 bits per heavy atom. The maximum absolute atomic E-state index is 4.93. The van der Waals surface area contributed by atoms with Crippen LogP contribution in [-0.2, 0) is 0 Å². The maximum atomic E-state index is 4.93. The van der Waals surface area contributed by atoms with Gasteiger partial charge in [0.2, 0.25) is 0 Å². The first-order valence-corrected chi connectivity index (χ1v) is 19.4. The van der Waals surface area contributed by atoms with Crippen LogP contribution < -0.4 is 0 Å². The number of benzene rings is 11. The Hall–Kier alpha value is -7.35. The van der Waals surface area contributed by atoms with E-state index >= 15 is 0 Å². The highest BCUT2D eigenvalue weighted by molar-refractivity contribution is 6.29. The van der Waals surface area contributed by atoms with Crippen molar-refractivity contribution < 1.29 is 0 Å². The van der Waals surface area contributed by atoms with Crippen molar-refractivity contribution in [1.29, 1.82) is 0 Å². The van der Waals surface area contributed by atoms with Gasteiger partial charge in [-0.3, -0.25) is 4.98 Å². The molecule has 0 radical (unpaired) electrons. The zero-order valence-corrected chi connectivity index (χ0v) is 30.5.